The van der Waals surface area contributed by atoms with E-state index >= 15 is 0 Å². The zero-order valence-electron chi connectivity index (χ0n) is 17.2. The fraction of sp³-hybridized carbons (Fsp3) is 0.455. The van der Waals surface area contributed by atoms with Crippen molar-refractivity contribution in [2.45, 2.75) is 55.8 Å². The molecular formula is C22H23N5OS3. The first-order valence-corrected chi connectivity index (χ1v) is 13.5. The van der Waals surface area contributed by atoms with Gasteiger partial charge in [-0.25, -0.2) is 15.0 Å². The molecule has 2 aliphatic rings. The number of fused-ring (bicyclic) bond motifs is 4. The van der Waals surface area contributed by atoms with Crippen LogP contribution in [0.3, 0.4) is 0 Å². The number of hydrogen-bond acceptors (Lipinski definition) is 8. The monoisotopic (exact) mass is 469 g/mol. The summed E-state index contributed by atoms with van der Waals surface area (Å²) in [5.41, 5.74) is 2.25. The Kier molecular flexibility index (Phi) is 5.30. The third kappa shape index (κ3) is 3.82. The standard InChI is InChI=1S/C22H23N5OS3/c28-18-11-14(23-22-27(18)9-10-29-22)13-30-20-19-15-5-4-6-16(15)31-21(19)25-17(24-20)12-26-7-2-1-3-8-26/h9-11H,1-8,12-13H2. The Balaban J connectivity index is 1.34. The van der Waals surface area contributed by atoms with E-state index in [2.05, 4.69) is 9.88 Å². The predicted octanol–water partition coefficient (Wildman–Crippen LogP) is 4.53. The maximum atomic E-state index is 12.4. The van der Waals surface area contributed by atoms with Crippen molar-refractivity contribution in [3.63, 3.8) is 0 Å². The first-order chi connectivity index (χ1) is 15.2. The number of piperidine rings is 1. The summed E-state index contributed by atoms with van der Waals surface area (Å²) >= 11 is 5.05. The van der Waals surface area contributed by atoms with E-state index < -0.39 is 0 Å². The number of thiophene rings is 1. The molecule has 0 unspecified atom stereocenters. The molecular weight excluding hydrogens is 446 g/mol. The van der Waals surface area contributed by atoms with Crippen molar-refractivity contribution in [3.8, 4) is 0 Å². The van der Waals surface area contributed by atoms with E-state index in [1.165, 1.54) is 52.8 Å². The molecule has 1 fully saturated rings. The zero-order valence-corrected chi connectivity index (χ0v) is 19.6. The second-order valence-corrected chi connectivity index (χ2v) is 11.2. The van der Waals surface area contributed by atoms with Crippen LogP contribution in [-0.4, -0.2) is 37.3 Å². The lowest BCUT2D eigenvalue weighted by Gasteiger charge is -2.25. The minimum Gasteiger partial charge on any atom is -0.296 e. The molecule has 6 nitrogen and oxygen atoms in total. The van der Waals surface area contributed by atoms with Gasteiger partial charge in [-0.05, 0) is 50.8 Å². The molecule has 4 aromatic heterocycles. The van der Waals surface area contributed by atoms with E-state index in [1.54, 1.807) is 28.4 Å². The van der Waals surface area contributed by atoms with E-state index in [0.29, 0.717) is 5.75 Å². The van der Waals surface area contributed by atoms with Gasteiger partial charge in [0.15, 0.2) is 4.96 Å². The molecule has 0 bridgehead atoms. The van der Waals surface area contributed by atoms with Crippen LogP contribution in [0.15, 0.2) is 27.5 Å². The maximum absolute atomic E-state index is 12.4. The lowest BCUT2D eigenvalue weighted by atomic mass is 10.1. The zero-order chi connectivity index (χ0) is 20.8. The van der Waals surface area contributed by atoms with Crippen molar-refractivity contribution in [3.05, 3.63) is 50.0 Å². The van der Waals surface area contributed by atoms with Crippen molar-refractivity contribution >= 4 is 49.6 Å². The Hall–Kier alpha value is -1.81. The third-order valence-corrected chi connectivity index (χ3v) is 9.06. The molecule has 4 aromatic rings. The van der Waals surface area contributed by atoms with Crippen molar-refractivity contribution < 1.29 is 0 Å². The largest absolute Gasteiger partial charge is 0.296 e. The average Bonchev–Trinajstić information content (AvgIpc) is 3.48. The molecule has 1 aliphatic heterocycles. The smallest absolute Gasteiger partial charge is 0.258 e. The van der Waals surface area contributed by atoms with Gasteiger partial charge < -0.3 is 0 Å². The highest BCUT2D eigenvalue weighted by atomic mass is 32.2. The highest BCUT2D eigenvalue weighted by Gasteiger charge is 2.23. The molecule has 0 radical (unpaired) electrons. The Bertz CT molecular complexity index is 1320. The Morgan fingerprint density at radius 2 is 1.97 bits per heavy atom. The quantitative estimate of drug-likeness (QED) is 0.316. The van der Waals surface area contributed by atoms with Crippen LogP contribution in [0.1, 0.15) is 47.6 Å². The van der Waals surface area contributed by atoms with Crippen LogP contribution >= 0.6 is 34.4 Å². The Labute approximate surface area is 192 Å². The molecule has 31 heavy (non-hydrogen) atoms. The van der Waals surface area contributed by atoms with Gasteiger partial charge in [-0.2, -0.15) is 0 Å². The maximum Gasteiger partial charge on any atom is 0.258 e. The van der Waals surface area contributed by atoms with Gasteiger partial charge in [0.25, 0.3) is 5.56 Å². The molecule has 0 spiro atoms. The minimum atomic E-state index is -0.0168. The summed E-state index contributed by atoms with van der Waals surface area (Å²) in [6.07, 6.45) is 9.16. The van der Waals surface area contributed by atoms with E-state index in [4.69, 9.17) is 9.97 Å². The Morgan fingerprint density at radius 1 is 1.06 bits per heavy atom. The van der Waals surface area contributed by atoms with Gasteiger partial charge in [0.1, 0.15) is 15.7 Å². The summed E-state index contributed by atoms with van der Waals surface area (Å²) in [6.45, 7) is 3.10. The number of likely N-dealkylation sites (tertiary alicyclic amines) is 1. The topological polar surface area (TPSA) is 63.4 Å². The normalized spacial score (nSPS) is 17.0. The van der Waals surface area contributed by atoms with Crippen molar-refractivity contribution in [2.24, 2.45) is 0 Å². The number of thiazole rings is 1. The molecule has 0 N–H and O–H groups in total. The summed E-state index contributed by atoms with van der Waals surface area (Å²) < 4.78 is 1.60. The molecule has 0 amide bonds. The molecule has 0 atom stereocenters. The second-order valence-electron chi connectivity index (χ2n) is 8.25. The van der Waals surface area contributed by atoms with Crippen molar-refractivity contribution in [2.75, 3.05) is 13.1 Å². The van der Waals surface area contributed by atoms with E-state index in [9.17, 15) is 4.79 Å². The van der Waals surface area contributed by atoms with Crippen LogP contribution < -0.4 is 5.56 Å². The van der Waals surface area contributed by atoms with E-state index in [0.717, 1.165) is 58.8 Å². The predicted molar refractivity (Wildman–Crippen MR) is 127 cm³/mol. The highest BCUT2D eigenvalue weighted by Crippen LogP contribution is 2.41. The number of aryl methyl sites for hydroxylation is 2. The summed E-state index contributed by atoms with van der Waals surface area (Å²) in [4.78, 5) is 32.9. The lowest BCUT2D eigenvalue weighted by molar-refractivity contribution is 0.216. The fourth-order valence-corrected chi connectivity index (χ4v) is 7.65. The molecule has 1 saturated heterocycles. The van der Waals surface area contributed by atoms with Crippen LogP contribution in [0.5, 0.6) is 0 Å². The van der Waals surface area contributed by atoms with Gasteiger partial charge in [-0.3, -0.25) is 14.1 Å². The number of aromatic nitrogens is 4. The molecule has 9 heteroatoms. The van der Waals surface area contributed by atoms with Crippen LogP contribution in [-0.2, 0) is 25.1 Å². The van der Waals surface area contributed by atoms with Gasteiger partial charge in [-0.1, -0.05) is 18.2 Å². The summed E-state index contributed by atoms with van der Waals surface area (Å²) in [5.74, 6) is 1.57. The van der Waals surface area contributed by atoms with Crippen LogP contribution in [0.2, 0.25) is 0 Å². The van der Waals surface area contributed by atoms with Crippen molar-refractivity contribution in [1.29, 1.82) is 0 Å². The van der Waals surface area contributed by atoms with Crippen LogP contribution in [0, 0.1) is 0 Å². The van der Waals surface area contributed by atoms with Gasteiger partial charge in [0.2, 0.25) is 0 Å². The summed E-state index contributed by atoms with van der Waals surface area (Å²) in [6, 6.07) is 1.65. The van der Waals surface area contributed by atoms with Gasteiger partial charge in [0, 0.05) is 33.7 Å². The first kappa shape index (κ1) is 19.8. The van der Waals surface area contributed by atoms with Gasteiger partial charge in [0.05, 0.1) is 12.2 Å². The Morgan fingerprint density at radius 3 is 2.87 bits per heavy atom. The summed E-state index contributed by atoms with van der Waals surface area (Å²) in [7, 11) is 0. The molecule has 160 valence electrons. The average molecular weight is 470 g/mol. The fourth-order valence-electron chi connectivity index (χ4n) is 4.60. The molecule has 6 rings (SSSR count). The number of nitrogens with zero attached hydrogens (tertiary/aromatic N) is 5. The highest BCUT2D eigenvalue weighted by molar-refractivity contribution is 7.98. The van der Waals surface area contributed by atoms with Crippen LogP contribution in [0.4, 0.5) is 0 Å². The van der Waals surface area contributed by atoms with E-state index in [-0.39, 0.29) is 5.56 Å². The van der Waals surface area contributed by atoms with Gasteiger partial charge in [-0.15, -0.1) is 22.7 Å². The summed E-state index contributed by atoms with van der Waals surface area (Å²) in [5, 5.41) is 4.21. The first-order valence-electron chi connectivity index (χ1n) is 10.9. The van der Waals surface area contributed by atoms with Crippen LogP contribution in [0.25, 0.3) is 15.2 Å². The lowest BCUT2D eigenvalue weighted by Crippen LogP contribution is -2.29. The molecule has 0 saturated carbocycles. The number of rotatable bonds is 5. The minimum absolute atomic E-state index is 0.0168. The second kappa shape index (κ2) is 8.27. The number of hydrogen-bond donors (Lipinski definition) is 0. The molecule has 1 aliphatic carbocycles. The van der Waals surface area contributed by atoms with Crippen molar-refractivity contribution in [1.82, 2.24) is 24.3 Å². The van der Waals surface area contributed by atoms with Gasteiger partial charge >= 0.3 is 0 Å². The molecule has 5 heterocycles. The molecule has 0 aromatic carbocycles. The number of thioether (sulfide) groups is 1. The SMILES string of the molecule is O=c1cc(CSc2nc(CN3CCCCC3)nc3sc4c(c23)CCC4)nc2sccn12. The van der Waals surface area contributed by atoms with E-state index in [1.807, 2.05) is 16.7 Å². The third-order valence-electron chi connectivity index (χ3n) is 6.10.